The third kappa shape index (κ3) is 3.88. The Kier molecular flexibility index (Phi) is 4.20. The second kappa shape index (κ2) is 5.48. The minimum absolute atomic E-state index is 0.0213. The molecule has 0 radical (unpaired) electrons. The van der Waals surface area contributed by atoms with Crippen molar-refractivity contribution < 1.29 is 16.8 Å². The molecule has 0 amide bonds. The van der Waals surface area contributed by atoms with E-state index in [1.165, 1.54) is 4.68 Å². The Balaban J connectivity index is 2.32. The molecular weight excluding hydrogens is 316 g/mol. The Morgan fingerprint density at radius 1 is 1.33 bits per heavy atom. The number of sulfone groups is 2. The molecule has 10 heteroatoms. The smallest absolute Gasteiger partial charge is 0.182 e. The maximum atomic E-state index is 11.9. The topological polar surface area (TPSA) is 124 Å². The Morgan fingerprint density at radius 2 is 1.95 bits per heavy atom. The molecule has 0 saturated heterocycles. The van der Waals surface area contributed by atoms with Crippen molar-refractivity contribution in [2.24, 2.45) is 0 Å². The third-order valence-corrected chi connectivity index (χ3v) is 6.12. The summed E-state index contributed by atoms with van der Waals surface area (Å²) in [5, 5.41) is 7.15. The number of aromatic nitrogens is 2. The quantitative estimate of drug-likeness (QED) is 0.711. The van der Waals surface area contributed by atoms with E-state index in [0.717, 1.165) is 19.1 Å². The van der Waals surface area contributed by atoms with Crippen molar-refractivity contribution >= 4 is 31.3 Å². The van der Waals surface area contributed by atoms with Gasteiger partial charge in [0.1, 0.15) is 5.82 Å². The zero-order chi connectivity index (χ0) is 15.8. The van der Waals surface area contributed by atoms with Gasteiger partial charge in [-0.3, -0.25) is 0 Å². The van der Waals surface area contributed by atoms with Gasteiger partial charge < -0.3 is 11.1 Å². The summed E-state index contributed by atoms with van der Waals surface area (Å²) in [6.45, 7) is 1.60. The predicted molar refractivity (Wildman–Crippen MR) is 80.7 cm³/mol. The lowest BCUT2D eigenvalue weighted by Crippen LogP contribution is -2.17. The zero-order valence-electron chi connectivity index (χ0n) is 12.0. The van der Waals surface area contributed by atoms with Gasteiger partial charge in [0.15, 0.2) is 30.4 Å². The molecule has 1 aliphatic carbocycles. The molecule has 3 N–H and O–H groups in total. The summed E-state index contributed by atoms with van der Waals surface area (Å²) in [6, 6.07) is 0.215. The zero-order valence-corrected chi connectivity index (χ0v) is 13.7. The molecule has 120 valence electrons. The van der Waals surface area contributed by atoms with Crippen molar-refractivity contribution in [1.82, 2.24) is 9.78 Å². The van der Waals surface area contributed by atoms with E-state index in [1.807, 2.05) is 0 Å². The van der Waals surface area contributed by atoms with Gasteiger partial charge in [-0.25, -0.2) is 21.5 Å². The maximum absolute atomic E-state index is 11.9. The van der Waals surface area contributed by atoms with Crippen LogP contribution in [0.3, 0.4) is 0 Å². The number of hydrogen-bond acceptors (Lipinski definition) is 7. The van der Waals surface area contributed by atoms with Crippen molar-refractivity contribution in [3.8, 4) is 0 Å². The molecule has 21 heavy (non-hydrogen) atoms. The highest BCUT2D eigenvalue weighted by Gasteiger charge is 2.29. The SMILES string of the molecule is CCS(=O)(=O)CCn1nc(NC2CC2)c(S(C)(=O)=O)c1N. The van der Waals surface area contributed by atoms with Crippen LogP contribution in [0.2, 0.25) is 0 Å². The summed E-state index contributed by atoms with van der Waals surface area (Å²) >= 11 is 0. The lowest BCUT2D eigenvalue weighted by Gasteiger charge is -2.04. The Hall–Kier alpha value is -1.29. The summed E-state index contributed by atoms with van der Waals surface area (Å²) in [4.78, 5) is -0.0525. The van der Waals surface area contributed by atoms with E-state index >= 15 is 0 Å². The van der Waals surface area contributed by atoms with Gasteiger partial charge >= 0.3 is 0 Å². The third-order valence-electron chi connectivity index (χ3n) is 3.29. The molecule has 1 aromatic rings. The summed E-state index contributed by atoms with van der Waals surface area (Å²) < 4.78 is 48.0. The summed E-state index contributed by atoms with van der Waals surface area (Å²) in [5.41, 5.74) is 5.84. The molecule has 0 spiro atoms. The van der Waals surface area contributed by atoms with E-state index in [0.29, 0.717) is 0 Å². The first-order chi connectivity index (χ1) is 9.64. The first-order valence-corrected chi connectivity index (χ1v) is 10.4. The molecule has 1 aromatic heterocycles. The van der Waals surface area contributed by atoms with Crippen molar-refractivity contribution in [1.29, 1.82) is 0 Å². The fourth-order valence-corrected chi connectivity index (χ4v) is 3.56. The van der Waals surface area contributed by atoms with E-state index in [2.05, 4.69) is 10.4 Å². The molecule has 1 saturated carbocycles. The van der Waals surface area contributed by atoms with Crippen LogP contribution >= 0.6 is 0 Å². The van der Waals surface area contributed by atoms with Gasteiger partial charge in [-0.05, 0) is 12.8 Å². The average Bonchev–Trinajstić information content (AvgIpc) is 3.10. The average molecular weight is 336 g/mol. The summed E-state index contributed by atoms with van der Waals surface area (Å²) in [6.07, 6.45) is 2.98. The van der Waals surface area contributed by atoms with Crippen molar-refractivity contribution in [3.05, 3.63) is 0 Å². The van der Waals surface area contributed by atoms with Gasteiger partial charge in [0.25, 0.3) is 0 Å². The van der Waals surface area contributed by atoms with E-state index in [1.54, 1.807) is 6.92 Å². The number of nitrogens with one attached hydrogen (secondary N) is 1. The fraction of sp³-hybridized carbons (Fsp3) is 0.727. The standard InChI is InChI=1S/C11H20N4O4S2/c1-3-21(18,19)7-6-15-10(12)9(20(2,16)17)11(14-15)13-8-4-5-8/h8H,3-7,12H2,1-2H3,(H,13,14). The minimum atomic E-state index is -3.54. The summed E-state index contributed by atoms with van der Waals surface area (Å²) in [7, 11) is -6.71. The molecule has 0 aromatic carbocycles. The van der Waals surface area contributed by atoms with E-state index in [-0.39, 0.29) is 40.6 Å². The van der Waals surface area contributed by atoms with Crippen LogP contribution in [0.4, 0.5) is 11.6 Å². The summed E-state index contributed by atoms with van der Waals surface area (Å²) in [5.74, 6) is 0.0974. The van der Waals surface area contributed by atoms with Gasteiger partial charge in [0.05, 0.1) is 12.3 Å². The Morgan fingerprint density at radius 3 is 2.43 bits per heavy atom. The van der Waals surface area contributed by atoms with Crippen LogP contribution in [0.15, 0.2) is 4.90 Å². The lowest BCUT2D eigenvalue weighted by atomic mass is 10.5. The molecule has 0 unspecified atom stereocenters. The number of anilines is 2. The molecule has 1 fully saturated rings. The predicted octanol–water partition coefficient (Wildman–Crippen LogP) is -0.122. The highest BCUT2D eigenvalue weighted by molar-refractivity contribution is 7.91. The maximum Gasteiger partial charge on any atom is 0.182 e. The second-order valence-electron chi connectivity index (χ2n) is 5.21. The first-order valence-electron chi connectivity index (χ1n) is 6.67. The molecule has 0 bridgehead atoms. The van der Waals surface area contributed by atoms with Crippen LogP contribution in [-0.4, -0.2) is 50.4 Å². The molecule has 1 heterocycles. The van der Waals surface area contributed by atoms with Crippen LogP contribution in [0, 0.1) is 0 Å². The molecule has 0 aliphatic heterocycles. The molecule has 1 aliphatic rings. The monoisotopic (exact) mass is 336 g/mol. The van der Waals surface area contributed by atoms with E-state index < -0.39 is 19.7 Å². The molecule has 2 rings (SSSR count). The number of nitrogens with two attached hydrogens (primary N) is 1. The molecule has 0 atom stereocenters. The van der Waals surface area contributed by atoms with Crippen LogP contribution in [0.5, 0.6) is 0 Å². The lowest BCUT2D eigenvalue weighted by molar-refractivity contribution is 0.583. The number of aryl methyl sites for hydroxylation is 1. The minimum Gasteiger partial charge on any atom is -0.383 e. The fourth-order valence-electron chi connectivity index (χ4n) is 1.88. The van der Waals surface area contributed by atoms with Gasteiger partial charge in [-0.1, -0.05) is 6.92 Å². The van der Waals surface area contributed by atoms with Crippen molar-refractivity contribution in [3.63, 3.8) is 0 Å². The largest absolute Gasteiger partial charge is 0.383 e. The van der Waals surface area contributed by atoms with Crippen LogP contribution < -0.4 is 11.1 Å². The number of hydrogen-bond donors (Lipinski definition) is 2. The number of nitrogens with zero attached hydrogens (tertiary/aromatic N) is 2. The Labute approximate surface area is 124 Å². The number of nitrogen functional groups attached to an aromatic ring is 1. The molecule has 8 nitrogen and oxygen atoms in total. The second-order valence-corrected chi connectivity index (χ2v) is 9.64. The van der Waals surface area contributed by atoms with Crippen molar-refractivity contribution in [2.45, 2.75) is 37.2 Å². The molecular formula is C11H20N4O4S2. The van der Waals surface area contributed by atoms with Gasteiger partial charge in [-0.15, -0.1) is 0 Å². The van der Waals surface area contributed by atoms with Crippen molar-refractivity contribution in [2.75, 3.05) is 28.8 Å². The Bertz CT molecular complexity index is 733. The van der Waals surface area contributed by atoms with Crippen LogP contribution in [0.1, 0.15) is 19.8 Å². The normalized spacial score (nSPS) is 16.1. The van der Waals surface area contributed by atoms with E-state index in [9.17, 15) is 16.8 Å². The van der Waals surface area contributed by atoms with Gasteiger partial charge in [-0.2, -0.15) is 5.10 Å². The van der Waals surface area contributed by atoms with Gasteiger partial charge in [0, 0.05) is 18.1 Å². The highest BCUT2D eigenvalue weighted by Crippen LogP contribution is 2.31. The number of rotatable bonds is 7. The first kappa shape index (κ1) is 16.1. The van der Waals surface area contributed by atoms with Crippen LogP contribution in [0.25, 0.3) is 0 Å². The van der Waals surface area contributed by atoms with Gasteiger partial charge in [0.2, 0.25) is 0 Å². The van der Waals surface area contributed by atoms with Crippen LogP contribution in [-0.2, 0) is 26.2 Å². The highest BCUT2D eigenvalue weighted by atomic mass is 32.2. The van der Waals surface area contributed by atoms with E-state index in [4.69, 9.17) is 5.73 Å².